The maximum atomic E-state index is 13.5. The van der Waals surface area contributed by atoms with Gasteiger partial charge in [-0.3, -0.25) is 9.59 Å². The molecule has 0 saturated carbocycles. The van der Waals surface area contributed by atoms with Gasteiger partial charge < -0.3 is 20.1 Å². The van der Waals surface area contributed by atoms with Crippen LogP contribution in [-0.2, 0) is 16.1 Å². The van der Waals surface area contributed by atoms with Gasteiger partial charge in [-0.2, -0.15) is 0 Å². The Hall–Kier alpha value is -3.42. The van der Waals surface area contributed by atoms with Crippen LogP contribution in [0.4, 0.5) is 4.39 Å². The number of ether oxygens (including phenoxy) is 1. The summed E-state index contributed by atoms with van der Waals surface area (Å²) in [6, 6.07) is 20.5. The molecule has 6 nitrogen and oxygen atoms in total. The molecule has 0 fully saturated rings. The Morgan fingerprint density at radius 1 is 1.00 bits per heavy atom. The number of hydrogen-bond donors (Lipinski definition) is 2. The number of nitrogens with zero attached hydrogens (tertiary/aromatic N) is 1. The number of nitrogens with one attached hydrogen (secondary N) is 1. The van der Waals surface area contributed by atoms with E-state index in [0.29, 0.717) is 28.3 Å². The van der Waals surface area contributed by atoms with Crippen LogP contribution in [0.3, 0.4) is 0 Å². The standard InChI is InChI=1S/C26H26ClFN2O4/c27-22-9-4-5-10-23(22)34-18-24(32)30(17-19-11-13-21(28)14-12-19)25(20-7-2-1-3-8-20)26(33)29-15-6-16-31/h1-5,7-14,25,31H,6,15-18H2,(H,29,33)/t25-/m0/s1. The fraction of sp³-hybridized carbons (Fsp3) is 0.231. The summed E-state index contributed by atoms with van der Waals surface area (Å²) in [4.78, 5) is 28.0. The average Bonchev–Trinajstić information content (AvgIpc) is 2.85. The highest BCUT2D eigenvalue weighted by molar-refractivity contribution is 6.32. The van der Waals surface area contributed by atoms with Gasteiger partial charge in [-0.05, 0) is 41.8 Å². The maximum Gasteiger partial charge on any atom is 0.261 e. The van der Waals surface area contributed by atoms with Gasteiger partial charge in [0, 0.05) is 19.7 Å². The highest BCUT2D eigenvalue weighted by atomic mass is 35.5. The number of aliphatic hydroxyl groups is 1. The molecular weight excluding hydrogens is 459 g/mol. The van der Waals surface area contributed by atoms with Gasteiger partial charge in [0.25, 0.3) is 5.91 Å². The molecule has 0 bridgehead atoms. The van der Waals surface area contributed by atoms with E-state index in [9.17, 15) is 14.0 Å². The van der Waals surface area contributed by atoms with Crippen LogP contribution < -0.4 is 10.1 Å². The molecule has 1 atom stereocenters. The lowest BCUT2D eigenvalue weighted by Crippen LogP contribution is -2.45. The van der Waals surface area contributed by atoms with Crippen LogP contribution in [0.15, 0.2) is 78.9 Å². The Kier molecular flexibility index (Phi) is 9.43. The minimum atomic E-state index is -0.965. The zero-order chi connectivity index (χ0) is 24.3. The van der Waals surface area contributed by atoms with Gasteiger partial charge in [0.15, 0.2) is 6.61 Å². The zero-order valence-electron chi connectivity index (χ0n) is 18.5. The molecule has 3 aromatic carbocycles. The molecule has 2 N–H and O–H groups in total. The first-order valence-electron chi connectivity index (χ1n) is 10.8. The molecule has 3 rings (SSSR count). The number of carbonyl (C=O) groups is 2. The third kappa shape index (κ3) is 7.04. The van der Waals surface area contributed by atoms with Gasteiger partial charge in [0.05, 0.1) is 5.02 Å². The van der Waals surface area contributed by atoms with Crippen molar-refractivity contribution < 1.29 is 23.8 Å². The normalized spacial score (nSPS) is 11.5. The maximum absolute atomic E-state index is 13.5. The van der Waals surface area contributed by atoms with Crippen molar-refractivity contribution in [3.63, 3.8) is 0 Å². The predicted molar refractivity (Wildman–Crippen MR) is 128 cm³/mol. The van der Waals surface area contributed by atoms with Crippen molar-refractivity contribution in [3.05, 3.63) is 101 Å². The van der Waals surface area contributed by atoms with Gasteiger partial charge in [-0.25, -0.2) is 4.39 Å². The molecule has 0 aliphatic heterocycles. The third-order valence-electron chi connectivity index (χ3n) is 5.08. The quantitative estimate of drug-likeness (QED) is 0.401. The van der Waals surface area contributed by atoms with Gasteiger partial charge >= 0.3 is 0 Å². The molecule has 3 aromatic rings. The highest BCUT2D eigenvalue weighted by Crippen LogP contribution is 2.26. The Morgan fingerprint density at radius 2 is 1.68 bits per heavy atom. The lowest BCUT2D eigenvalue weighted by molar-refractivity contribution is -0.143. The van der Waals surface area contributed by atoms with Crippen LogP contribution in [0.5, 0.6) is 5.75 Å². The minimum absolute atomic E-state index is 0.0535. The van der Waals surface area contributed by atoms with E-state index in [0.717, 1.165) is 0 Å². The first-order chi connectivity index (χ1) is 16.5. The summed E-state index contributed by atoms with van der Waals surface area (Å²) in [5, 5.41) is 12.2. The van der Waals surface area contributed by atoms with E-state index in [-0.39, 0.29) is 26.3 Å². The second-order valence-corrected chi connectivity index (χ2v) is 7.96. The molecule has 8 heteroatoms. The summed E-state index contributed by atoms with van der Waals surface area (Å²) in [7, 11) is 0. The number of carbonyl (C=O) groups excluding carboxylic acids is 2. The SMILES string of the molecule is O=C(NCCCO)[C@H](c1ccccc1)N(Cc1ccc(F)cc1)C(=O)COc1ccccc1Cl. The highest BCUT2D eigenvalue weighted by Gasteiger charge is 2.31. The molecule has 0 aliphatic carbocycles. The van der Waals surface area contributed by atoms with Gasteiger partial charge in [0.1, 0.15) is 17.6 Å². The molecule has 0 spiro atoms. The Balaban J connectivity index is 1.91. The molecule has 0 radical (unpaired) electrons. The minimum Gasteiger partial charge on any atom is -0.482 e. The van der Waals surface area contributed by atoms with Crippen molar-refractivity contribution in [3.8, 4) is 5.75 Å². The van der Waals surface area contributed by atoms with Gasteiger partial charge in [-0.15, -0.1) is 0 Å². The predicted octanol–water partition coefficient (Wildman–Crippen LogP) is 4.13. The van der Waals surface area contributed by atoms with Gasteiger partial charge in [-0.1, -0.05) is 66.2 Å². The van der Waals surface area contributed by atoms with Crippen LogP contribution in [0, 0.1) is 5.82 Å². The largest absolute Gasteiger partial charge is 0.482 e. The van der Waals surface area contributed by atoms with E-state index in [1.165, 1.54) is 17.0 Å². The molecule has 0 aliphatic rings. The fourth-order valence-electron chi connectivity index (χ4n) is 3.39. The Bertz CT molecular complexity index is 1080. The number of rotatable bonds is 11. The third-order valence-corrected chi connectivity index (χ3v) is 5.40. The van der Waals surface area contributed by atoms with Crippen LogP contribution in [0.25, 0.3) is 0 Å². The van der Waals surface area contributed by atoms with Crippen molar-refractivity contribution in [1.82, 2.24) is 10.2 Å². The molecular formula is C26H26ClFN2O4. The zero-order valence-corrected chi connectivity index (χ0v) is 19.2. The molecule has 0 unspecified atom stereocenters. The van der Waals surface area contributed by atoms with Crippen molar-refractivity contribution >= 4 is 23.4 Å². The van der Waals surface area contributed by atoms with Crippen molar-refractivity contribution in [2.75, 3.05) is 19.8 Å². The van der Waals surface area contributed by atoms with Crippen molar-refractivity contribution in [2.45, 2.75) is 19.0 Å². The first kappa shape index (κ1) is 25.2. The smallest absolute Gasteiger partial charge is 0.261 e. The van der Waals surface area contributed by atoms with Crippen LogP contribution in [0.1, 0.15) is 23.6 Å². The van der Waals surface area contributed by atoms with E-state index in [2.05, 4.69) is 5.32 Å². The lowest BCUT2D eigenvalue weighted by Gasteiger charge is -2.31. The molecule has 34 heavy (non-hydrogen) atoms. The summed E-state index contributed by atoms with van der Waals surface area (Å²) < 4.78 is 19.1. The summed E-state index contributed by atoms with van der Waals surface area (Å²) in [5.74, 6) is -0.892. The molecule has 0 heterocycles. The monoisotopic (exact) mass is 484 g/mol. The van der Waals surface area contributed by atoms with E-state index >= 15 is 0 Å². The second-order valence-electron chi connectivity index (χ2n) is 7.55. The summed E-state index contributed by atoms with van der Waals surface area (Å²) in [6.07, 6.45) is 0.384. The van der Waals surface area contributed by atoms with E-state index in [1.54, 1.807) is 60.7 Å². The fourth-order valence-corrected chi connectivity index (χ4v) is 3.58. The lowest BCUT2D eigenvalue weighted by atomic mass is 10.0. The summed E-state index contributed by atoms with van der Waals surface area (Å²) in [5.41, 5.74) is 1.26. The molecule has 0 saturated heterocycles. The number of benzene rings is 3. The number of amides is 2. The molecule has 178 valence electrons. The molecule has 0 aromatic heterocycles. The van der Waals surface area contributed by atoms with E-state index in [4.69, 9.17) is 21.4 Å². The molecule has 2 amide bonds. The van der Waals surface area contributed by atoms with E-state index in [1.807, 2.05) is 6.07 Å². The van der Waals surface area contributed by atoms with Crippen LogP contribution in [-0.4, -0.2) is 41.6 Å². The number of aliphatic hydroxyl groups excluding tert-OH is 1. The summed E-state index contributed by atoms with van der Waals surface area (Å²) >= 11 is 6.14. The van der Waals surface area contributed by atoms with Crippen molar-refractivity contribution in [2.24, 2.45) is 0 Å². The Labute approximate surface area is 202 Å². The van der Waals surface area contributed by atoms with Crippen molar-refractivity contribution in [1.29, 1.82) is 0 Å². The number of hydrogen-bond acceptors (Lipinski definition) is 4. The van der Waals surface area contributed by atoms with E-state index < -0.39 is 23.7 Å². The number of para-hydroxylation sites is 1. The van der Waals surface area contributed by atoms with Gasteiger partial charge in [0.2, 0.25) is 5.91 Å². The average molecular weight is 485 g/mol. The topological polar surface area (TPSA) is 78.9 Å². The second kappa shape index (κ2) is 12.7. The first-order valence-corrected chi connectivity index (χ1v) is 11.2. The Morgan fingerprint density at radius 3 is 2.35 bits per heavy atom. The number of halogens is 2. The van der Waals surface area contributed by atoms with Crippen LogP contribution in [0.2, 0.25) is 5.02 Å². The summed E-state index contributed by atoms with van der Waals surface area (Å²) in [6.45, 7) is -0.107. The van der Waals surface area contributed by atoms with Crippen LogP contribution >= 0.6 is 11.6 Å².